The fourth-order valence-electron chi connectivity index (χ4n) is 2.72. The molecule has 0 atom stereocenters. The Morgan fingerprint density at radius 3 is 3.00 bits per heavy atom. The van der Waals surface area contributed by atoms with Gasteiger partial charge < -0.3 is 5.32 Å². The summed E-state index contributed by atoms with van der Waals surface area (Å²) in [4.78, 5) is 13.5. The van der Waals surface area contributed by atoms with E-state index >= 15 is 0 Å². The molecular weight excluding hydrogens is 344 g/mol. The lowest BCUT2D eigenvalue weighted by molar-refractivity contribution is -0.115. The predicted octanol–water partition coefficient (Wildman–Crippen LogP) is 2.53. The molecule has 0 spiro atoms. The molecule has 2 aromatic heterocycles. The van der Waals surface area contributed by atoms with Crippen LogP contribution in [0.3, 0.4) is 0 Å². The van der Waals surface area contributed by atoms with Crippen molar-refractivity contribution >= 4 is 34.0 Å². The zero-order valence-electron chi connectivity index (χ0n) is 13.4. The van der Waals surface area contributed by atoms with Gasteiger partial charge in [-0.15, -0.1) is 16.4 Å². The van der Waals surface area contributed by atoms with Crippen molar-refractivity contribution in [1.29, 1.82) is 5.26 Å². The molecule has 9 heteroatoms. The van der Waals surface area contributed by atoms with E-state index in [4.69, 9.17) is 0 Å². The number of carbonyl (C=O) groups is 1. The molecule has 2 heterocycles. The lowest BCUT2D eigenvalue weighted by atomic mass is 10.1. The lowest BCUT2D eigenvalue weighted by Gasteiger charge is -2.04. The highest BCUT2D eigenvalue weighted by atomic mass is 32.2. The van der Waals surface area contributed by atoms with Crippen molar-refractivity contribution in [3.8, 4) is 6.07 Å². The summed E-state index contributed by atoms with van der Waals surface area (Å²) in [5.74, 6) is 0.512. The molecule has 0 aromatic carbocycles. The van der Waals surface area contributed by atoms with Gasteiger partial charge in [-0.25, -0.2) is 4.68 Å². The monoisotopic (exact) mass is 362 g/mol. The van der Waals surface area contributed by atoms with Gasteiger partial charge in [0.25, 0.3) is 0 Å². The summed E-state index contributed by atoms with van der Waals surface area (Å²) >= 11 is 3.00. The van der Waals surface area contributed by atoms with Crippen LogP contribution < -0.4 is 5.32 Å². The van der Waals surface area contributed by atoms with Crippen molar-refractivity contribution in [2.24, 2.45) is 7.05 Å². The largest absolute Gasteiger partial charge is 0.317 e. The Morgan fingerprint density at radius 1 is 1.42 bits per heavy atom. The molecule has 1 aliphatic rings. The zero-order valence-corrected chi connectivity index (χ0v) is 15.0. The number of fused-ring (bicyclic) bond motifs is 1. The molecule has 1 amide bonds. The fourth-order valence-corrected chi connectivity index (χ4v) is 4.76. The van der Waals surface area contributed by atoms with Crippen molar-refractivity contribution in [2.45, 2.75) is 43.7 Å². The van der Waals surface area contributed by atoms with Gasteiger partial charge >= 0.3 is 0 Å². The quantitative estimate of drug-likeness (QED) is 0.648. The van der Waals surface area contributed by atoms with Crippen LogP contribution in [-0.4, -0.2) is 31.9 Å². The number of thiophene rings is 1. The van der Waals surface area contributed by atoms with Gasteiger partial charge in [-0.1, -0.05) is 18.2 Å². The SMILES string of the molecule is Cn1nnnc1SCCC(=O)Nc1sc2c(c1C#N)CCCCC2. The van der Waals surface area contributed by atoms with Gasteiger partial charge in [-0.05, 0) is 41.7 Å². The van der Waals surface area contributed by atoms with Gasteiger partial charge in [-0.2, -0.15) is 5.26 Å². The first-order chi connectivity index (χ1) is 11.7. The highest BCUT2D eigenvalue weighted by Gasteiger charge is 2.20. The molecule has 1 aliphatic carbocycles. The van der Waals surface area contributed by atoms with E-state index in [1.807, 2.05) is 0 Å². The van der Waals surface area contributed by atoms with E-state index in [9.17, 15) is 10.1 Å². The van der Waals surface area contributed by atoms with Crippen molar-refractivity contribution < 1.29 is 4.79 Å². The summed E-state index contributed by atoms with van der Waals surface area (Å²) in [6.07, 6.45) is 5.80. The third-order valence-corrected chi connectivity index (χ3v) is 6.15. The second-order valence-corrected chi connectivity index (χ2v) is 7.78. The molecule has 2 aromatic rings. The first-order valence-corrected chi connectivity index (χ1v) is 9.69. The van der Waals surface area contributed by atoms with Gasteiger partial charge in [0, 0.05) is 24.1 Å². The predicted molar refractivity (Wildman–Crippen MR) is 93.1 cm³/mol. The minimum Gasteiger partial charge on any atom is -0.317 e. The number of carbonyl (C=O) groups excluding carboxylic acids is 1. The Bertz CT molecular complexity index is 776. The molecular formula is C15H18N6OS2. The summed E-state index contributed by atoms with van der Waals surface area (Å²) < 4.78 is 1.58. The molecule has 3 rings (SSSR count). The molecule has 126 valence electrons. The average molecular weight is 362 g/mol. The third kappa shape index (κ3) is 3.76. The number of hydrogen-bond donors (Lipinski definition) is 1. The molecule has 7 nitrogen and oxygen atoms in total. The van der Waals surface area contributed by atoms with Gasteiger partial charge in [0.2, 0.25) is 11.1 Å². The normalized spacial score (nSPS) is 13.8. The molecule has 0 fully saturated rings. The maximum Gasteiger partial charge on any atom is 0.225 e. The fraction of sp³-hybridized carbons (Fsp3) is 0.533. The third-order valence-electron chi connectivity index (χ3n) is 3.93. The second kappa shape index (κ2) is 7.77. The highest BCUT2D eigenvalue weighted by molar-refractivity contribution is 7.99. The van der Waals surface area contributed by atoms with Gasteiger partial charge in [-0.3, -0.25) is 4.79 Å². The van der Waals surface area contributed by atoms with Crippen LogP contribution in [-0.2, 0) is 24.7 Å². The number of anilines is 1. The maximum atomic E-state index is 12.2. The first kappa shape index (κ1) is 16.9. The molecule has 0 saturated heterocycles. The van der Waals surface area contributed by atoms with Crippen LogP contribution in [0.25, 0.3) is 0 Å². The second-order valence-electron chi connectivity index (χ2n) is 5.61. The maximum absolute atomic E-state index is 12.2. The van der Waals surface area contributed by atoms with Crippen molar-refractivity contribution in [1.82, 2.24) is 20.2 Å². The van der Waals surface area contributed by atoms with Gasteiger partial charge in [0.05, 0.1) is 5.56 Å². The van der Waals surface area contributed by atoms with Gasteiger partial charge in [0.15, 0.2) is 0 Å². The van der Waals surface area contributed by atoms with E-state index in [2.05, 4.69) is 26.9 Å². The molecule has 0 aliphatic heterocycles. The molecule has 0 unspecified atom stereocenters. The minimum absolute atomic E-state index is 0.0782. The van der Waals surface area contributed by atoms with Crippen LogP contribution in [0.4, 0.5) is 5.00 Å². The van der Waals surface area contributed by atoms with E-state index in [1.165, 1.54) is 23.1 Å². The Kier molecular flexibility index (Phi) is 5.48. The molecule has 0 saturated carbocycles. The topological polar surface area (TPSA) is 96.5 Å². The van der Waals surface area contributed by atoms with Crippen molar-refractivity contribution in [2.75, 3.05) is 11.1 Å². The van der Waals surface area contributed by atoms with Crippen LogP contribution >= 0.6 is 23.1 Å². The number of thioether (sulfide) groups is 1. The first-order valence-electron chi connectivity index (χ1n) is 7.88. The molecule has 1 N–H and O–H groups in total. The minimum atomic E-state index is -0.0782. The lowest BCUT2D eigenvalue weighted by Crippen LogP contribution is -2.12. The number of rotatable bonds is 5. The standard InChI is InChI=1S/C15H18N6OS2/c1-21-15(18-19-20-21)23-8-7-13(22)17-14-11(9-16)10-5-3-2-4-6-12(10)24-14/h2-8H2,1H3,(H,17,22). The number of nitriles is 1. The van der Waals surface area contributed by atoms with Crippen LogP contribution in [0.5, 0.6) is 0 Å². The number of hydrogen-bond acceptors (Lipinski definition) is 7. The van der Waals surface area contributed by atoms with E-state index in [0.717, 1.165) is 31.2 Å². The molecule has 24 heavy (non-hydrogen) atoms. The summed E-state index contributed by atoms with van der Waals surface area (Å²) in [5.41, 5.74) is 1.81. The number of aromatic nitrogens is 4. The average Bonchev–Trinajstić information content (AvgIpc) is 3.02. The smallest absolute Gasteiger partial charge is 0.225 e. The highest BCUT2D eigenvalue weighted by Crippen LogP contribution is 2.37. The zero-order chi connectivity index (χ0) is 16.9. The van der Waals surface area contributed by atoms with E-state index < -0.39 is 0 Å². The number of nitrogens with one attached hydrogen (secondary N) is 1. The number of tetrazole rings is 1. The number of amides is 1. The Morgan fingerprint density at radius 2 is 2.25 bits per heavy atom. The molecule has 0 radical (unpaired) electrons. The van der Waals surface area contributed by atoms with E-state index in [1.54, 1.807) is 23.1 Å². The Labute approximate surface area is 148 Å². The van der Waals surface area contributed by atoms with Crippen LogP contribution in [0.2, 0.25) is 0 Å². The Hall–Kier alpha value is -1.92. The van der Waals surface area contributed by atoms with Crippen molar-refractivity contribution in [3.05, 3.63) is 16.0 Å². The molecule has 0 bridgehead atoms. The number of aryl methyl sites for hydroxylation is 2. The number of nitrogens with zero attached hydrogens (tertiary/aromatic N) is 5. The summed E-state index contributed by atoms with van der Waals surface area (Å²) in [6, 6.07) is 2.28. The van der Waals surface area contributed by atoms with E-state index in [-0.39, 0.29) is 5.91 Å². The Balaban J connectivity index is 1.60. The summed E-state index contributed by atoms with van der Waals surface area (Å²) in [5, 5.41) is 25.0. The van der Waals surface area contributed by atoms with Crippen LogP contribution in [0, 0.1) is 11.3 Å². The van der Waals surface area contributed by atoms with E-state index in [0.29, 0.717) is 27.9 Å². The van der Waals surface area contributed by atoms with Crippen LogP contribution in [0.15, 0.2) is 5.16 Å². The summed E-state index contributed by atoms with van der Waals surface area (Å²) in [6.45, 7) is 0. The summed E-state index contributed by atoms with van der Waals surface area (Å²) in [7, 11) is 1.76. The van der Waals surface area contributed by atoms with Crippen molar-refractivity contribution in [3.63, 3.8) is 0 Å². The van der Waals surface area contributed by atoms with Gasteiger partial charge in [0.1, 0.15) is 11.1 Å². The van der Waals surface area contributed by atoms with Crippen LogP contribution in [0.1, 0.15) is 41.7 Å².